The Morgan fingerprint density at radius 2 is 0.667 bits per heavy atom. The maximum absolute atomic E-state index is 5.14. The Labute approximate surface area is 81.7 Å². The van der Waals surface area contributed by atoms with Gasteiger partial charge in [0.2, 0.25) is 7.59 Å². The molecule has 0 heterocycles. The quantitative estimate of drug-likeness (QED) is 0.577. The van der Waals surface area contributed by atoms with Crippen LogP contribution < -0.4 is 0 Å². The van der Waals surface area contributed by atoms with Crippen molar-refractivity contribution < 1.29 is 4.70 Å². The molecule has 0 aliphatic heterocycles. The van der Waals surface area contributed by atoms with Crippen LogP contribution in [0.5, 0.6) is 0 Å². The molecule has 0 fully saturated rings. The van der Waals surface area contributed by atoms with Gasteiger partial charge in [0.05, 0.1) is 0 Å². The Hall–Kier alpha value is 1.67. The van der Waals surface area contributed by atoms with Gasteiger partial charge in [-0.25, -0.2) is 0 Å². The second-order valence-corrected chi connectivity index (χ2v) is 5.56. The van der Waals surface area contributed by atoms with Crippen LogP contribution in [0.2, 0.25) is 0 Å². The highest BCUT2D eigenvalue weighted by Crippen LogP contribution is 2.48. The first-order valence-electron chi connectivity index (χ1n) is 1.38. The van der Waals surface area contributed by atoms with E-state index in [0.717, 1.165) is 0 Å². The van der Waals surface area contributed by atoms with Crippen molar-refractivity contribution >= 4 is 69.6 Å². The molecule has 0 nitrogen and oxygen atoms in total. The summed E-state index contributed by atoms with van der Waals surface area (Å²) in [4.78, 5) is 0. The third-order valence-electron chi connectivity index (χ3n) is 0.321. The van der Waals surface area contributed by atoms with Crippen LogP contribution in [0.25, 0.3) is 0 Å². The van der Waals surface area contributed by atoms with E-state index >= 15 is 0 Å². The van der Waals surface area contributed by atoms with Gasteiger partial charge >= 0.3 is 0 Å². The summed E-state index contributed by atoms with van der Waals surface area (Å²) in [5.74, 6) is 0. The summed E-state index contributed by atoms with van der Waals surface area (Å²) in [7, 11) is 0. The van der Waals surface area contributed by atoms with E-state index in [2.05, 4.69) is 0 Å². The van der Waals surface area contributed by atoms with Crippen LogP contribution in [0, 0.1) is 0 Å². The molecule has 0 aromatic carbocycles. The summed E-state index contributed by atoms with van der Waals surface area (Å²) in [6.45, 7) is 0. The third-order valence-corrected chi connectivity index (χ3v) is 2.89. The Morgan fingerprint density at radius 1 is 0.556 bits per heavy atom. The second kappa shape index (κ2) is 3.89. The zero-order chi connectivity index (χ0) is 7.00. The standard InChI is InChI=1S/C2Cl6.FH/c3-1(4,5)2(6,7)8;/h;1H. The van der Waals surface area contributed by atoms with Crippen LogP contribution in [0.3, 0.4) is 0 Å². The molecule has 0 aromatic rings. The summed E-state index contributed by atoms with van der Waals surface area (Å²) in [6.07, 6.45) is 0. The SMILES string of the molecule is ClC(Cl)(Cl)C(Cl)(Cl)Cl.F. The van der Waals surface area contributed by atoms with Crippen molar-refractivity contribution in [2.45, 2.75) is 7.59 Å². The molecule has 0 N–H and O–H groups in total. The van der Waals surface area contributed by atoms with E-state index in [-0.39, 0.29) is 4.70 Å². The van der Waals surface area contributed by atoms with Crippen molar-refractivity contribution in [3.8, 4) is 0 Å². The smallest absolute Gasteiger partial charge is 0.236 e. The molecule has 0 amide bonds. The minimum absolute atomic E-state index is 0. The maximum atomic E-state index is 5.14. The van der Waals surface area contributed by atoms with Gasteiger partial charge in [0.15, 0.2) is 0 Å². The summed E-state index contributed by atoms with van der Waals surface area (Å²) in [6, 6.07) is 0. The Morgan fingerprint density at radius 3 is 0.667 bits per heavy atom. The lowest BCUT2D eigenvalue weighted by Gasteiger charge is -2.19. The minimum Gasteiger partial charge on any atom is -0.269 e. The molecule has 0 saturated heterocycles. The van der Waals surface area contributed by atoms with Gasteiger partial charge in [-0.2, -0.15) is 0 Å². The van der Waals surface area contributed by atoms with Crippen LogP contribution in [-0.2, 0) is 0 Å². The molecule has 0 aliphatic rings. The summed E-state index contributed by atoms with van der Waals surface area (Å²) >= 11 is 30.9. The van der Waals surface area contributed by atoms with E-state index in [1.165, 1.54) is 0 Å². The first-order valence-corrected chi connectivity index (χ1v) is 3.65. The molecule has 0 saturated carbocycles. The molecule has 0 bridgehead atoms. The van der Waals surface area contributed by atoms with Gasteiger partial charge in [0, 0.05) is 0 Å². The molecular weight excluding hydrogens is 256 g/mol. The van der Waals surface area contributed by atoms with Gasteiger partial charge < -0.3 is 0 Å². The first-order chi connectivity index (χ1) is 3.25. The number of hydrogen-bond acceptors (Lipinski definition) is 0. The molecule has 0 rings (SSSR count). The lowest BCUT2D eigenvalue weighted by molar-refractivity contribution is 1.10. The molecule has 0 radical (unpaired) electrons. The van der Waals surface area contributed by atoms with E-state index in [1.807, 2.05) is 0 Å². The van der Waals surface area contributed by atoms with Crippen molar-refractivity contribution in [3.63, 3.8) is 0 Å². The molecule has 58 valence electrons. The summed E-state index contributed by atoms with van der Waals surface area (Å²) in [5, 5.41) is 0. The zero-order valence-corrected chi connectivity index (χ0v) is 8.21. The van der Waals surface area contributed by atoms with Crippen LogP contribution in [0.15, 0.2) is 0 Å². The second-order valence-electron chi connectivity index (χ2n) is 0.996. The highest BCUT2D eigenvalue weighted by Gasteiger charge is 2.43. The van der Waals surface area contributed by atoms with Crippen molar-refractivity contribution in [1.29, 1.82) is 0 Å². The Balaban J connectivity index is 0. The van der Waals surface area contributed by atoms with Crippen LogP contribution in [0.4, 0.5) is 4.70 Å². The first kappa shape index (κ1) is 13.3. The summed E-state index contributed by atoms with van der Waals surface area (Å²) < 4.78 is -3.70. The molecule has 0 unspecified atom stereocenters. The molecule has 7 heteroatoms. The third kappa shape index (κ3) is 5.00. The van der Waals surface area contributed by atoms with Gasteiger partial charge in [-0.3, -0.25) is 4.70 Å². The maximum Gasteiger partial charge on any atom is 0.236 e. The van der Waals surface area contributed by atoms with Crippen molar-refractivity contribution in [3.05, 3.63) is 0 Å². The zero-order valence-electron chi connectivity index (χ0n) is 3.68. The van der Waals surface area contributed by atoms with Crippen LogP contribution >= 0.6 is 69.6 Å². The van der Waals surface area contributed by atoms with Crippen LogP contribution in [0.1, 0.15) is 0 Å². The van der Waals surface area contributed by atoms with Crippen LogP contribution in [-0.4, -0.2) is 7.59 Å². The predicted molar refractivity (Wildman–Crippen MR) is 43.1 cm³/mol. The summed E-state index contributed by atoms with van der Waals surface area (Å²) in [5.41, 5.74) is 0. The lowest BCUT2D eigenvalue weighted by atomic mass is 10.9. The molecule has 0 aliphatic carbocycles. The van der Waals surface area contributed by atoms with E-state index < -0.39 is 7.59 Å². The lowest BCUT2D eigenvalue weighted by Crippen LogP contribution is -2.23. The molecule has 0 spiro atoms. The molecule has 9 heavy (non-hydrogen) atoms. The van der Waals surface area contributed by atoms with Crippen molar-refractivity contribution in [2.75, 3.05) is 0 Å². The van der Waals surface area contributed by atoms with Gasteiger partial charge in [0.25, 0.3) is 0 Å². The van der Waals surface area contributed by atoms with Crippen molar-refractivity contribution in [1.82, 2.24) is 0 Å². The number of hydrogen-bond donors (Lipinski definition) is 0. The molecule has 0 atom stereocenters. The number of alkyl halides is 6. The fourth-order valence-corrected chi connectivity index (χ4v) is 0. The Bertz CT molecular complexity index is 66.0. The molecule has 0 aromatic heterocycles. The van der Waals surface area contributed by atoms with Gasteiger partial charge in [-0.05, 0) is 0 Å². The Kier molecular flexibility index (Phi) is 5.74. The normalized spacial score (nSPS) is 12.7. The number of halogens is 7. The minimum atomic E-state index is -1.85. The van der Waals surface area contributed by atoms with E-state index in [0.29, 0.717) is 0 Å². The van der Waals surface area contributed by atoms with Gasteiger partial charge in [-0.1, -0.05) is 69.6 Å². The van der Waals surface area contributed by atoms with Gasteiger partial charge in [0.1, 0.15) is 0 Å². The number of rotatable bonds is 0. The fraction of sp³-hybridized carbons (Fsp3) is 1.00. The van der Waals surface area contributed by atoms with E-state index in [1.54, 1.807) is 0 Å². The van der Waals surface area contributed by atoms with Crippen molar-refractivity contribution in [2.24, 2.45) is 0 Å². The highest BCUT2D eigenvalue weighted by atomic mass is 35.6. The molecular formula is C2HCl6F. The topological polar surface area (TPSA) is 0 Å². The highest BCUT2D eigenvalue weighted by molar-refractivity contribution is 6.83. The fourth-order valence-electron chi connectivity index (χ4n) is 0. The average Bonchev–Trinajstić information content (AvgIpc) is 1.25. The van der Waals surface area contributed by atoms with Gasteiger partial charge in [-0.15, -0.1) is 0 Å². The predicted octanol–water partition coefficient (Wildman–Crippen LogP) is 3.88. The van der Waals surface area contributed by atoms with E-state index in [9.17, 15) is 0 Å². The monoisotopic (exact) mass is 254 g/mol. The van der Waals surface area contributed by atoms with E-state index in [4.69, 9.17) is 69.6 Å². The average molecular weight is 257 g/mol. The largest absolute Gasteiger partial charge is 0.269 e.